The van der Waals surface area contributed by atoms with Crippen LogP contribution in [0.25, 0.3) is 0 Å². The summed E-state index contributed by atoms with van der Waals surface area (Å²) in [4.78, 5) is 26.9. The molecule has 1 amide bonds. The normalized spacial score (nSPS) is 10.3. The number of carbonyl (C=O) groups is 2. The number of nitrogens with zero attached hydrogens (tertiary/aromatic N) is 1. The second-order valence-electron chi connectivity index (χ2n) is 5.27. The molecule has 0 spiro atoms. The van der Waals surface area contributed by atoms with Crippen LogP contribution in [0.2, 0.25) is 0 Å². The summed E-state index contributed by atoms with van der Waals surface area (Å²) in [5.41, 5.74) is 1.96. The fourth-order valence-electron chi connectivity index (χ4n) is 2.07. The van der Waals surface area contributed by atoms with Gasteiger partial charge in [0.15, 0.2) is 0 Å². The second kappa shape index (κ2) is 9.39. The van der Waals surface area contributed by atoms with Crippen LogP contribution in [-0.4, -0.2) is 42.3 Å². The van der Waals surface area contributed by atoms with Crippen LogP contribution in [0, 0.1) is 0 Å². The second-order valence-corrected chi connectivity index (χ2v) is 5.27. The molecular formula is C18H20N2O5. The molecule has 132 valence electrons. The number of carbonyl (C=O) groups excluding carboxylic acids is 1. The van der Waals surface area contributed by atoms with Gasteiger partial charge in [-0.1, -0.05) is 12.1 Å². The number of hydrogen-bond donors (Lipinski definition) is 2. The summed E-state index contributed by atoms with van der Waals surface area (Å²) in [5.74, 6) is -0.760. The van der Waals surface area contributed by atoms with E-state index in [0.717, 1.165) is 5.56 Å². The average molecular weight is 344 g/mol. The number of anilines is 1. The first kappa shape index (κ1) is 18.4. The third-order valence-corrected chi connectivity index (χ3v) is 3.37. The number of nitrogens with one attached hydrogen (secondary N) is 1. The molecule has 0 unspecified atom stereocenters. The van der Waals surface area contributed by atoms with Gasteiger partial charge >= 0.3 is 5.97 Å². The van der Waals surface area contributed by atoms with Crippen LogP contribution < -0.4 is 10.1 Å². The number of aromatic nitrogens is 1. The fraction of sp³-hybridized carbons (Fsp3) is 0.278. The van der Waals surface area contributed by atoms with E-state index in [4.69, 9.17) is 14.6 Å². The smallest absolute Gasteiger partial charge is 0.303 e. The summed E-state index contributed by atoms with van der Waals surface area (Å²) in [6.45, 7) is 0.790. The quantitative estimate of drug-likeness (QED) is 0.678. The van der Waals surface area contributed by atoms with Gasteiger partial charge in [-0.2, -0.15) is 0 Å². The van der Waals surface area contributed by atoms with Crippen molar-refractivity contribution in [1.29, 1.82) is 0 Å². The molecule has 2 rings (SSSR count). The molecule has 7 nitrogen and oxygen atoms in total. The Morgan fingerprint density at radius 2 is 1.92 bits per heavy atom. The Bertz CT molecular complexity index is 716. The number of benzene rings is 1. The maximum Gasteiger partial charge on any atom is 0.303 e. The summed E-state index contributed by atoms with van der Waals surface area (Å²) in [6.07, 6.45) is 2.04. The van der Waals surface area contributed by atoms with Crippen LogP contribution in [0.3, 0.4) is 0 Å². The molecule has 0 radical (unpaired) electrons. The molecule has 0 saturated carbocycles. The van der Waals surface area contributed by atoms with Gasteiger partial charge in [-0.3, -0.25) is 9.59 Å². The summed E-state index contributed by atoms with van der Waals surface area (Å²) < 4.78 is 10.3. The number of rotatable bonds is 9. The highest BCUT2D eigenvalue weighted by Crippen LogP contribution is 2.14. The van der Waals surface area contributed by atoms with Crippen molar-refractivity contribution >= 4 is 17.6 Å². The number of aliphatic carboxylic acids is 1. The Morgan fingerprint density at radius 3 is 2.60 bits per heavy atom. The van der Waals surface area contributed by atoms with Gasteiger partial charge in [0.1, 0.15) is 6.61 Å². The molecule has 0 atom stereocenters. The van der Waals surface area contributed by atoms with Crippen molar-refractivity contribution in [2.75, 3.05) is 25.6 Å². The highest BCUT2D eigenvalue weighted by atomic mass is 16.5. The van der Waals surface area contributed by atoms with E-state index in [9.17, 15) is 9.59 Å². The van der Waals surface area contributed by atoms with Gasteiger partial charge in [0, 0.05) is 37.0 Å². The number of carboxylic acid groups (broad SMARTS) is 1. The van der Waals surface area contributed by atoms with Gasteiger partial charge in [0.05, 0.1) is 6.61 Å². The minimum Gasteiger partial charge on any atom is -0.481 e. The van der Waals surface area contributed by atoms with Crippen LogP contribution in [-0.2, 0) is 16.0 Å². The lowest BCUT2D eigenvalue weighted by Gasteiger charge is -2.08. The largest absolute Gasteiger partial charge is 0.481 e. The molecule has 0 bridgehead atoms. The number of methoxy groups -OCH3 is 1. The molecule has 1 aromatic heterocycles. The molecular weight excluding hydrogens is 324 g/mol. The van der Waals surface area contributed by atoms with E-state index in [1.54, 1.807) is 43.5 Å². The topological polar surface area (TPSA) is 97.8 Å². The predicted molar refractivity (Wildman–Crippen MR) is 92.0 cm³/mol. The van der Waals surface area contributed by atoms with Gasteiger partial charge in [-0.05, 0) is 30.2 Å². The summed E-state index contributed by atoms with van der Waals surface area (Å²) >= 11 is 0. The van der Waals surface area contributed by atoms with Crippen LogP contribution in [0.15, 0.2) is 42.6 Å². The SMILES string of the molecule is COCCOc1cc(C(=O)Nc2ccc(CCC(=O)O)cc2)ccn1. The van der Waals surface area contributed by atoms with E-state index in [1.165, 1.54) is 6.20 Å². The van der Waals surface area contributed by atoms with Crippen molar-refractivity contribution < 1.29 is 24.2 Å². The van der Waals surface area contributed by atoms with Crippen LogP contribution in [0.5, 0.6) is 5.88 Å². The Balaban J connectivity index is 1.94. The molecule has 1 aromatic carbocycles. The third-order valence-electron chi connectivity index (χ3n) is 3.37. The Hall–Kier alpha value is -2.93. The Labute approximate surface area is 145 Å². The Kier molecular flexibility index (Phi) is 6.91. The summed E-state index contributed by atoms with van der Waals surface area (Å²) in [6, 6.07) is 10.2. The molecule has 0 fully saturated rings. The van der Waals surface area contributed by atoms with Crippen LogP contribution in [0.4, 0.5) is 5.69 Å². The fourth-order valence-corrected chi connectivity index (χ4v) is 2.07. The predicted octanol–water partition coefficient (Wildman–Crippen LogP) is 2.38. The summed E-state index contributed by atoms with van der Waals surface area (Å²) in [7, 11) is 1.58. The maximum atomic E-state index is 12.3. The molecule has 2 aromatic rings. The zero-order valence-corrected chi connectivity index (χ0v) is 13.9. The van der Waals surface area contributed by atoms with Crippen molar-refractivity contribution in [1.82, 2.24) is 4.98 Å². The highest BCUT2D eigenvalue weighted by Gasteiger charge is 2.08. The number of carboxylic acids is 1. The highest BCUT2D eigenvalue weighted by molar-refractivity contribution is 6.04. The van der Waals surface area contributed by atoms with E-state index < -0.39 is 5.97 Å². The summed E-state index contributed by atoms with van der Waals surface area (Å²) in [5, 5.41) is 11.5. The van der Waals surface area contributed by atoms with Crippen molar-refractivity contribution in [3.05, 3.63) is 53.7 Å². The average Bonchev–Trinajstić information content (AvgIpc) is 2.61. The van der Waals surface area contributed by atoms with E-state index >= 15 is 0 Å². The number of pyridine rings is 1. The molecule has 1 heterocycles. The standard InChI is InChI=1S/C18H20N2O5/c1-24-10-11-25-16-12-14(8-9-19-16)18(23)20-15-5-2-13(3-6-15)4-7-17(21)22/h2-3,5-6,8-9,12H,4,7,10-11H2,1H3,(H,20,23)(H,21,22). The van der Waals surface area contributed by atoms with Crippen LogP contribution in [0.1, 0.15) is 22.3 Å². The monoisotopic (exact) mass is 344 g/mol. The number of hydrogen-bond acceptors (Lipinski definition) is 5. The van der Waals surface area contributed by atoms with Gasteiger partial charge in [-0.25, -0.2) is 4.98 Å². The zero-order valence-electron chi connectivity index (χ0n) is 13.9. The lowest BCUT2D eigenvalue weighted by Crippen LogP contribution is -2.13. The van der Waals surface area contributed by atoms with Crippen molar-refractivity contribution in [3.63, 3.8) is 0 Å². The zero-order chi connectivity index (χ0) is 18.1. The maximum absolute atomic E-state index is 12.3. The number of aryl methyl sites for hydroxylation is 1. The van der Waals surface area contributed by atoms with E-state index in [0.29, 0.717) is 36.8 Å². The number of ether oxygens (including phenoxy) is 2. The molecule has 0 aliphatic carbocycles. The molecule has 0 aliphatic heterocycles. The van der Waals surface area contributed by atoms with Gasteiger partial charge in [-0.15, -0.1) is 0 Å². The van der Waals surface area contributed by atoms with E-state index in [1.807, 2.05) is 0 Å². The third kappa shape index (κ3) is 6.23. The molecule has 25 heavy (non-hydrogen) atoms. The number of amides is 1. The van der Waals surface area contributed by atoms with Gasteiger partial charge < -0.3 is 19.9 Å². The minimum atomic E-state index is -0.835. The first-order valence-corrected chi connectivity index (χ1v) is 7.78. The molecule has 2 N–H and O–H groups in total. The minimum absolute atomic E-state index is 0.0779. The van der Waals surface area contributed by atoms with Crippen molar-refractivity contribution in [2.45, 2.75) is 12.8 Å². The lowest BCUT2D eigenvalue weighted by molar-refractivity contribution is -0.136. The van der Waals surface area contributed by atoms with Gasteiger partial charge in [0.25, 0.3) is 5.91 Å². The van der Waals surface area contributed by atoms with Crippen molar-refractivity contribution in [3.8, 4) is 5.88 Å². The Morgan fingerprint density at radius 1 is 1.16 bits per heavy atom. The molecule has 0 aliphatic rings. The first-order chi connectivity index (χ1) is 12.1. The van der Waals surface area contributed by atoms with E-state index in [2.05, 4.69) is 10.3 Å². The van der Waals surface area contributed by atoms with Crippen LogP contribution >= 0.6 is 0 Å². The molecule has 7 heteroatoms. The van der Waals surface area contributed by atoms with E-state index in [-0.39, 0.29) is 12.3 Å². The van der Waals surface area contributed by atoms with Gasteiger partial charge in [0.2, 0.25) is 5.88 Å². The first-order valence-electron chi connectivity index (χ1n) is 7.78. The van der Waals surface area contributed by atoms with Crippen molar-refractivity contribution in [2.24, 2.45) is 0 Å². The lowest BCUT2D eigenvalue weighted by atomic mass is 10.1. The molecule has 0 saturated heterocycles.